The summed E-state index contributed by atoms with van der Waals surface area (Å²) in [5, 5.41) is 0. The summed E-state index contributed by atoms with van der Waals surface area (Å²) < 4.78 is 25.6. The summed E-state index contributed by atoms with van der Waals surface area (Å²) in [6, 6.07) is 0. The van der Waals surface area contributed by atoms with Crippen molar-refractivity contribution in [2.24, 2.45) is 10.1 Å². The van der Waals surface area contributed by atoms with E-state index >= 15 is 0 Å². The highest BCUT2D eigenvalue weighted by molar-refractivity contribution is 7.94. The van der Waals surface area contributed by atoms with Crippen molar-refractivity contribution in [1.82, 2.24) is 4.90 Å². The van der Waals surface area contributed by atoms with Crippen molar-refractivity contribution in [1.29, 1.82) is 0 Å². The second-order valence-electron chi connectivity index (χ2n) is 2.84. The molecule has 0 radical (unpaired) electrons. The number of rotatable bonds is 2. The summed E-state index contributed by atoms with van der Waals surface area (Å²) in [6.45, 7) is 0.340. The lowest BCUT2D eigenvalue weighted by molar-refractivity contribution is 0.450. The molecule has 5 nitrogen and oxygen atoms in total. The molecule has 0 aromatic heterocycles. The number of sulfonamides is 1. The Labute approximate surface area is 71.6 Å². The summed E-state index contributed by atoms with van der Waals surface area (Å²) in [4.78, 5) is 2.00. The molecule has 0 spiro atoms. The first-order chi connectivity index (χ1) is 5.42. The van der Waals surface area contributed by atoms with Crippen LogP contribution in [0.25, 0.3) is 0 Å². The van der Waals surface area contributed by atoms with Crippen LogP contribution in [-0.2, 0) is 10.0 Å². The number of hydrogen-bond acceptors (Lipinski definition) is 4. The second kappa shape index (κ2) is 2.87. The van der Waals surface area contributed by atoms with E-state index in [-0.39, 0.29) is 10.7 Å². The van der Waals surface area contributed by atoms with E-state index in [2.05, 4.69) is 4.40 Å². The van der Waals surface area contributed by atoms with Crippen LogP contribution in [-0.4, -0.2) is 39.8 Å². The lowest BCUT2D eigenvalue weighted by Gasteiger charge is -2.08. The molecule has 0 amide bonds. The maximum absolute atomic E-state index is 11.1. The Morgan fingerprint density at radius 2 is 2.17 bits per heavy atom. The third-order valence-corrected chi connectivity index (χ3v) is 2.70. The normalized spacial score (nSPS) is 20.9. The molecule has 1 heterocycles. The van der Waals surface area contributed by atoms with Crippen LogP contribution in [0.3, 0.4) is 0 Å². The first-order valence-corrected chi connectivity index (χ1v) is 4.81. The first kappa shape index (κ1) is 9.21. The van der Waals surface area contributed by atoms with Gasteiger partial charge in [0.1, 0.15) is 5.84 Å². The van der Waals surface area contributed by atoms with E-state index in [1.807, 2.05) is 0 Å². The Kier molecular flexibility index (Phi) is 2.20. The summed E-state index contributed by atoms with van der Waals surface area (Å²) in [6.07, 6.45) is 1.38. The topological polar surface area (TPSA) is 75.8 Å². The number of nitrogens with two attached hydrogens (primary N) is 1. The van der Waals surface area contributed by atoms with Crippen LogP contribution in [0, 0.1) is 0 Å². The molecule has 2 N–H and O–H groups in total. The lowest BCUT2D eigenvalue weighted by atomic mass is 10.4. The smallest absolute Gasteiger partial charge is 0.281 e. The predicted octanol–water partition coefficient (Wildman–Crippen LogP) is -0.867. The van der Waals surface area contributed by atoms with E-state index in [4.69, 9.17) is 5.73 Å². The van der Waals surface area contributed by atoms with Gasteiger partial charge in [0.05, 0.1) is 4.91 Å². The van der Waals surface area contributed by atoms with Crippen LogP contribution in [0.1, 0.15) is 0 Å². The Bertz CT molecular complexity index is 340. The van der Waals surface area contributed by atoms with Gasteiger partial charge in [-0.05, 0) is 20.2 Å². The van der Waals surface area contributed by atoms with Gasteiger partial charge in [-0.15, -0.1) is 4.40 Å². The zero-order valence-electron chi connectivity index (χ0n) is 6.98. The summed E-state index contributed by atoms with van der Waals surface area (Å²) >= 11 is 0. The standard InChI is InChI=1S/C6H11N3O2S/c1-9(2)4-5-3-6(7)8-12(5,10)11/h3H,4H2,1-2H3,(H2,7,8). The van der Waals surface area contributed by atoms with Gasteiger partial charge in [-0.1, -0.05) is 0 Å². The second-order valence-corrected chi connectivity index (χ2v) is 4.50. The number of hydrogen-bond donors (Lipinski definition) is 1. The summed E-state index contributed by atoms with van der Waals surface area (Å²) in [7, 11) is 0.116. The molecule has 1 aliphatic rings. The fraction of sp³-hybridized carbons (Fsp3) is 0.500. The van der Waals surface area contributed by atoms with Crippen LogP contribution in [0.4, 0.5) is 0 Å². The minimum Gasteiger partial charge on any atom is -0.383 e. The van der Waals surface area contributed by atoms with Crippen molar-refractivity contribution in [3.05, 3.63) is 11.0 Å². The van der Waals surface area contributed by atoms with Gasteiger partial charge in [-0.3, -0.25) is 0 Å². The highest BCUT2D eigenvalue weighted by atomic mass is 32.2. The van der Waals surface area contributed by atoms with Crippen LogP contribution in [0.5, 0.6) is 0 Å². The third-order valence-electron chi connectivity index (χ3n) is 1.34. The minimum absolute atomic E-state index is 0.0619. The zero-order valence-corrected chi connectivity index (χ0v) is 7.80. The molecule has 68 valence electrons. The van der Waals surface area contributed by atoms with Gasteiger partial charge in [-0.2, -0.15) is 8.42 Å². The van der Waals surface area contributed by atoms with Crippen molar-refractivity contribution in [3.63, 3.8) is 0 Å². The van der Waals surface area contributed by atoms with Gasteiger partial charge < -0.3 is 10.6 Å². The fourth-order valence-electron chi connectivity index (χ4n) is 0.902. The van der Waals surface area contributed by atoms with E-state index in [1.54, 1.807) is 19.0 Å². The van der Waals surface area contributed by atoms with E-state index in [1.165, 1.54) is 6.08 Å². The Morgan fingerprint density at radius 3 is 2.50 bits per heavy atom. The molecule has 6 heteroatoms. The first-order valence-electron chi connectivity index (χ1n) is 3.37. The highest BCUT2D eigenvalue weighted by Crippen LogP contribution is 2.15. The van der Waals surface area contributed by atoms with E-state index in [0.717, 1.165) is 0 Å². The maximum Gasteiger partial charge on any atom is 0.281 e. The molecule has 12 heavy (non-hydrogen) atoms. The molecule has 1 rings (SSSR count). The van der Waals surface area contributed by atoms with Crippen LogP contribution in [0.2, 0.25) is 0 Å². The monoisotopic (exact) mass is 189 g/mol. The maximum atomic E-state index is 11.1. The molecule has 0 unspecified atom stereocenters. The molecule has 0 fully saturated rings. The molecule has 0 bridgehead atoms. The third kappa shape index (κ3) is 1.83. The van der Waals surface area contributed by atoms with Gasteiger partial charge in [0.15, 0.2) is 0 Å². The highest BCUT2D eigenvalue weighted by Gasteiger charge is 2.23. The molecular formula is C6H11N3O2S. The molecule has 0 aromatic carbocycles. The average Bonchev–Trinajstić information content (AvgIpc) is 2.04. The van der Waals surface area contributed by atoms with Gasteiger partial charge in [0.25, 0.3) is 10.0 Å². The fourth-order valence-corrected chi connectivity index (χ4v) is 2.04. The molecule has 0 saturated carbocycles. The van der Waals surface area contributed by atoms with Gasteiger partial charge in [-0.25, -0.2) is 0 Å². The SMILES string of the molecule is CN(C)CC1=CC(N)=NS1(=O)=O. The van der Waals surface area contributed by atoms with E-state index in [0.29, 0.717) is 6.54 Å². The number of amidine groups is 1. The predicted molar refractivity (Wildman–Crippen MR) is 47.2 cm³/mol. The summed E-state index contributed by atoms with van der Waals surface area (Å²) in [5.74, 6) is 0.0619. The zero-order chi connectivity index (χ0) is 9.35. The number of likely N-dealkylation sites (N-methyl/N-ethyl adjacent to an activating group) is 1. The van der Waals surface area contributed by atoms with Gasteiger partial charge in [0, 0.05) is 6.54 Å². The van der Waals surface area contributed by atoms with E-state index in [9.17, 15) is 8.42 Å². The van der Waals surface area contributed by atoms with Crippen molar-refractivity contribution in [3.8, 4) is 0 Å². The average molecular weight is 189 g/mol. The minimum atomic E-state index is -3.45. The Balaban J connectivity index is 2.90. The molecule has 0 aliphatic carbocycles. The van der Waals surface area contributed by atoms with Crippen molar-refractivity contribution in [2.75, 3.05) is 20.6 Å². The van der Waals surface area contributed by atoms with E-state index < -0.39 is 10.0 Å². The quantitative estimate of drug-likeness (QED) is 0.613. The summed E-state index contributed by atoms with van der Waals surface area (Å²) in [5.41, 5.74) is 5.25. The molecule has 0 atom stereocenters. The molecule has 0 saturated heterocycles. The van der Waals surface area contributed by atoms with Crippen LogP contribution in [0.15, 0.2) is 15.4 Å². The van der Waals surface area contributed by atoms with Crippen molar-refractivity contribution in [2.45, 2.75) is 0 Å². The van der Waals surface area contributed by atoms with Crippen molar-refractivity contribution >= 4 is 15.9 Å². The van der Waals surface area contributed by atoms with Gasteiger partial charge in [0.2, 0.25) is 0 Å². The Hall–Kier alpha value is -0.880. The number of nitrogens with zero attached hydrogens (tertiary/aromatic N) is 2. The van der Waals surface area contributed by atoms with Crippen molar-refractivity contribution < 1.29 is 8.42 Å². The lowest BCUT2D eigenvalue weighted by Crippen LogP contribution is -2.17. The Morgan fingerprint density at radius 1 is 1.58 bits per heavy atom. The van der Waals surface area contributed by atoms with Gasteiger partial charge >= 0.3 is 0 Å². The largest absolute Gasteiger partial charge is 0.383 e. The molecule has 0 aromatic rings. The van der Waals surface area contributed by atoms with Crippen LogP contribution < -0.4 is 5.73 Å². The molecular weight excluding hydrogens is 178 g/mol. The molecule has 1 aliphatic heterocycles. The van der Waals surface area contributed by atoms with Crippen LogP contribution >= 0.6 is 0 Å².